The molecule has 1 aliphatic heterocycles. The minimum atomic E-state index is 0.0556. The molecule has 1 radical (unpaired) electrons. The molecule has 32 heavy (non-hydrogen) atoms. The molecule has 4 aromatic rings. The van der Waals surface area contributed by atoms with Crippen molar-refractivity contribution in [2.24, 2.45) is 0 Å². The summed E-state index contributed by atoms with van der Waals surface area (Å²) in [4.78, 5) is 6.91. The highest BCUT2D eigenvalue weighted by molar-refractivity contribution is 7.29. The van der Waals surface area contributed by atoms with Crippen LogP contribution in [0.4, 0.5) is 11.4 Å². The van der Waals surface area contributed by atoms with Crippen molar-refractivity contribution >= 4 is 36.2 Å². The summed E-state index contributed by atoms with van der Waals surface area (Å²) in [7, 11) is 2.33. The number of pyridine rings is 1. The third kappa shape index (κ3) is 3.58. The van der Waals surface area contributed by atoms with Gasteiger partial charge < -0.3 is 4.81 Å². The van der Waals surface area contributed by atoms with Crippen molar-refractivity contribution in [1.29, 1.82) is 0 Å². The SMILES string of the molecule is C=C/C=C1/B([B]N(c2ccccc2)c2ccccc2)c2ccccc2-c2ccnc(C)c21. The van der Waals surface area contributed by atoms with Gasteiger partial charge in [0.2, 0.25) is 13.9 Å². The number of hydrogen-bond donors (Lipinski definition) is 0. The van der Waals surface area contributed by atoms with Crippen LogP contribution in [0.5, 0.6) is 0 Å². The molecule has 0 aliphatic carbocycles. The van der Waals surface area contributed by atoms with Crippen molar-refractivity contribution in [3.05, 3.63) is 127 Å². The maximum atomic E-state index is 4.63. The molecular weight excluding hydrogens is 386 g/mol. The van der Waals surface area contributed by atoms with Crippen LogP contribution in [-0.4, -0.2) is 18.9 Å². The van der Waals surface area contributed by atoms with Gasteiger partial charge in [-0.15, -0.1) is 0 Å². The Kier molecular flexibility index (Phi) is 5.51. The van der Waals surface area contributed by atoms with Crippen molar-refractivity contribution in [3.8, 4) is 11.1 Å². The van der Waals surface area contributed by atoms with E-state index in [1.807, 2.05) is 12.3 Å². The van der Waals surface area contributed by atoms with Crippen LogP contribution < -0.4 is 10.3 Å². The van der Waals surface area contributed by atoms with Gasteiger partial charge in [0.1, 0.15) is 0 Å². The molecule has 0 saturated carbocycles. The van der Waals surface area contributed by atoms with Gasteiger partial charge in [-0.3, -0.25) is 4.98 Å². The highest BCUT2D eigenvalue weighted by Crippen LogP contribution is 2.37. The Morgan fingerprint density at radius 3 is 2.09 bits per heavy atom. The first-order valence-corrected chi connectivity index (χ1v) is 10.9. The van der Waals surface area contributed by atoms with Gasteiger partial charge in [0, 0.05) is 23.3 Å². The Balaban J connectivity index is 1.70. The minimum absolute atomic E-state index is 0.0556. The molecule has 5 rings (SSSR count). The summed E-state index contributed by atoms with van der Waals surface area (Å²) in [5.41, 5.74) is 9.49. The van der Waals surface area contributed by atoms with Crippen LogP contribution in [0.3, 0.4) is 0 Å². The average molecular weight is 409 g/mol. The van der Waals surface area contributed by atoms with E-state index in [1.54, 1.807) is 0 Å². The summed E-state index contributed by atoms with van der Waals surface area (Å²) >= 11 is 0. The van der Waals surface area contributed by atoms with Crippen molar-refractivity contribution < 1.29 is 0 Å². The van der Waals surface area contributed by atoms with Crippen LogP contribution in [-0.2, 0) is 0 Å². The van der Waals surface area contributed by atoms with Crippen LogP contribution in [0.25, 0.3) is 16.6 Å². The molecule has 0 bridgehead atoms. The van der Waals surface area contributed by atoms with E-state index in [4.69, 9.17) is 0 Å². The second kappa shape index (κ2) is 8.76. The number of hydrogen-bond acceptors (Lipinski definition) is 2. The summed E-state index contributed by atoms with van der Waals surface area (Å²) < 4.78 is 0. The van der Waals surface area contributed by atoms with Crippen LogP contribution >= 0.6 is 0 Å². The normalized spacial score (nSPS) is 13.3. The number of aryl methyl sites for hydroxylation is 1. The predicted octanol–water partition coefficient (Wildman–Crippen LogP) is 5.84. The predicted molar refractivity (Wildman–Crippen MR) is 139 cm³/mol. The molecule has 0 saturated heterocycles. The summed E-state index contributed by atoms with van der Waals surface area (Å²) in [6, 6.07) is 31.8. The first-order chi connectivity index (χ1) is 15.8. The molecule has 0 atom stereocenters. The van der Waals surface area contributed by atoms with E-state index in [9.17, 15) is 0 Å². The van der Waals surface area contributed by atoms with Crippen LogP contribution in [0.1, 0.15) is 11.3 Å². The van der Waals surface area contributed by atoms with E-state index in [0.29, 0.717) is 0 Å². The molecule has 2 nitrogen and oxygen atoms in total. The van der Waals surface area contributed by atoms with E-state index >= 15 is 0 Å². The zero-order chi connectivity index (χ0) is 21.9. The highest BCUT2D eigenvalue weighted by atomic mass is 15.0. The molecule has 4 heteroatoms. The van der Waals surface area contributed by atoms with Crippen molar-refractivity contribution in [3.63, 3.8) is 0 Å². The van der Waals surface area contributed by atoms with Crippen LogP contribution in [0, 0.1) is 6.92 Å². The lowest BCUT2D eigenvalue weighted by Crippen LogP contribution is -2.48. The molecule has 0 N–H and O–H groups in total. The molecule has 2 heterocycles. The third-order valence-electron chi connectivity index (χ3n) is 6.01. The lowest BCUT2D eigenvalue weighted by molar-refractivity contribution is 1.19. The molecular formula is C28H23B2N2. The Morgan fingerprint density at radius 2 is 1.44 bits per heavy atom. The molecule has 0 spiro atoms. The number of fused-ring (bicyclic) bond motifs is 3. The summed E-state index contributed by atoms with van der Waals surface area (Å²) in [5, 5.41) is 0. The Labute approximate surface area is 191 Å². The molecule has 3 aromatic carbocycles. The molecule has 0 unspecified atom stereocenters. The van der Waals surface area contributed by atoms with E-state index in [-0.39, 0.29) is 6.60 Å². The lowest BCUT2D eigenvalue weighted by atomic mass is 9.17. The van der Waals surface area contributed by atoms with Gasteiger partial charge in [0.25, 0.3) is 0 Å². The number of rotatable bonds is 5. The zero-order valence-corrected chi connectivity index (χ0v) is 18.1. The Bertz CT molecular complexity index is 1240. The van der Waals surface area contributed by atoms with Crippen molar-refractivity contribution in [2.75, 3.05) is 4.81 Å². The monoisotopic (exact) mass is 409 g/mol. The number of para-hydroxylation sites is 2. The average Bonchev–Trinajstić information content (AvgIpc) is 2.85. The fraction of sp³-hybridized carbons (Fsp3) is 0.0357. The molecule has 0 amide bonds. The quantitative estimate of drug-likeness (QED) is 0.386. The molecule has 151 valence electrons. The summed E-state index contributed by atoms with van der Waals surface area (Å²) in [5.74, 6) is 0. The molecule has 0 fully saturated rings. The van der Waals surface area contributed by atoms with Gasteiger partial charge in [-0.2, -0.15) is 0 Å². The fourth-order valence-corrected chi connectivity index (χ4v) is 4.61. The van der Waals surface area contributed by atoms with E-state index in [2.05, 4.69) is 128 Å². The smallest absolute Gasteiger partial charge is 0.224 e. The Morgan fingerprint density at radius 1 is 0.812 bits per heavy atom. The van der Waals surface area contributed by atoms with E-state index in [0.717, 1.165) is 17.1 Å². The highest BCUT2D eigenvalue weighted by Gasteiger charge is 2.35. The first kappa shape index (κ1) is 20.1. The van der Waals surface area contributed by atoms with Crippen LogP contribution in [0.15, 0.2) is 116 Å². The maximum absolute atomic E-state index is 4.63. The fourth-order valence-electron chi connectivity index (χ4n) is 4.61. The van der Waals surface area contributed by atoms with Gasteiger partial charge in [-0.05, 0) is 53.9 Å². The van der Waals surface area contributed by atoms with Crippen molar-refractivity contribution in [2.45, 2.75) is 6.92 Å². The number of allylic oxidation sites excluding steroid dienone is 2. The van der Waals surface area contributed by atoms with Gasteiger partial charge in [0.05, 0.1) is 0 Å². The largest absolute Gasteiger partial charge is 0.399 e. The summed E-state index contributed by atoms with van der Waals surface area (Å²) in [6.45, 7) is 6.16. The zero-order valence-electron chi connectivity index (χ0n) is 18.1. The second-order valence-electron chi connectivity index (χ2n) is 7.93. The van der Waals surface area contributed by atoms with Gasteiger partial charge in [0.15, 0.2) is 0 Å². The number of anilines is 2. The third-order valence-corrected chi connectivity index (χ3v) is 6.01. The summed E-state index contributed by atoms with van der Waals surface area (Å²) in [6.07, 6.45) is 5.93. The standard InChI is InChI=1S/C28H23B2N2/c1-3-12-27-28-21(2)31-20-19-25(28)24-17-10-11-18-26(24)30(27)29-32(22-13-6-4-7-14-22)23-15-8-5-9-16-23/h3-20H,1H2,2H3/b27-12+. The van der Waals surface area contributed by atoms with E-state index in [1.165, 1.54) is 27.6 Å². The maximum Gasteiger partial charge on any atom is 0.224 e. The van der Waals surface area contributed by atoms with Gasteiger partial charge in [-0.1, -0.05) is 90.3 Å². The minimum Gasteiger partial charge on any atom is -0.399 e. The number of aromatic nitrogens is 1. The van der Waals surface area contributed by atoms with Crippen molar-refractivity contribution in [1.82, 2.24) is 4.98 Å². The lowest BCUT2D eigenvalue weighted by Gasteiger charge is -2.34. The first-order valence-electron chi connectivity index (χ1n) is 10.9. The second-order valence-corrected chi connectivity index (χ2v) is 7.93. The molecule has 1 aliphatic rings. The van der Waals surface area contributed by atoms with Gasteiger partial charge >= 0.3 is 0 Å². The van der Waals surface area contributed by atoms with E-state index < -0.39 is 0 Å². The van der Waals surface area contributed by atoms with Crippen LogP contribution in [0.2, 0.25) is 0 Å². The number of benzene rings is 3. The molecule has 1 aromatic heterocycles. The topological polar surface area (TPSA) is 16.1 Å². The number of nitrogens with zero attached hydrogens (tertiary/aromatic N) is 2. The van der Waals surface area contributed by atoms with Gasteiger partial charge in [-0.25, -0.2) is 0 Å². The Hall–Kier alpha value is -3.78.